The number of hydrogen-bond donors (Lipinski definition) is 1. The van der Waals surface area contributed by atoms with E-state index in [2.05, 4.69) is 15.9 Å². The fourth-order valence-electron chi connectivity index (χ4n) is 1.76. The Labute approximate surface area is 104 Å². The van der Waals surface area contributed by atoms with Crippen LogP contribution in [0.5, 0.6) is 0 Å². The maximum Gasteiger partial charge on any atom is 0.105 e. The predicted molar refractivity (Wildman–Crippen MR) is 69.4 cm³/mol. The highest BCUT2D eigenvalue weighted by Crippen LogP contribution is 2.29. The van der Waals surface area contributed by atoms with E-state index in [1.54, 1.807) is 0 Å². The van der Waals surface area contributed by atoms with Gasteiger partial charge in [0.25, 0.3) is 0 Å². The highest BCUT2D eigenvalue weighted by Gasteiger charge is 2.14. The average molecular weight is 277 g/mol. The number of halogens is 1. The molecule has 0 spiro atoms. The zero-order valence-electron chi connectivity index (χ0n) is 9.02. The van der Waals surface area contributed by atoms with Gasteiger partial charge in [0.05, 0.1) is 0 Å². The fourth-order valence-corrected chi connectivity index (χ4v) is 2.26. The Morgan fingerprint density at radius 2 is 1.50 bits per heavy atom. The number of aliphatic hydroxyl groups is 1. The SMILES string of the molecule is Cc1ccccc1C(O)c1ccccc1Br. The van der Waals surface area contributed by atoms with Gasteiger partial charge >= 0.3 is 0 Å². The Hall–Kier alpha value is -1.12. The summed E-state index contributed by atoms with van der Waals surface area (Å²) in [7, 11) is 0. The third-order valence-corrected chi connectivity index (χ3v) is 3.41. The van der Waals surface area contributed by atoms with Crippen molar-refractivity contribution in [3.63, 3.8) is 0 Å². The summed E-state index contributed by atoms with van der Waals surface area (Å²) >= 11 is 3.46. The first-order valence-electron chi connectivity index (χ1n) is 5.18. The van der Waals surface area contributed by atoms with E-state index in [0.29, 0.717) is 0 Å². The molecule has 2 aromatic carbocycles. The first kappa shape index (κ1) is 11.4. The first-order valence-corrected chi connectivity index (χ1v) is 5.97. The molecule has 16 heavy (non-hydrogen) atoms. The molecular formula is C14H13BrO. The Balaban J connectivity index is 2.44. The molecule has 0 bridgehead atoms. The monoisotopic (exact) mass is 276 g/mol. The molecule has 0 saturated carbocycles. The van der Waals surface area contributed by atoms with Crippen LogP contribution in [-0.2, 0) is 0 Å². The fraction of sp³-hybridized carbons (Fsp3) is 0.143. The molecule has 1 nitrogen and oxygen atoms in total. The average Bonchev–Trinajstić information content (AvgIpc) is 2.29. The summed E-state index contributed by atoms with van der Waals surface area (Å²) < 4.78 is 0.936. The van der Waals surface area contributed by atoms with Crippen LogP contribution < -0.4 is 0 Å². The third kappa shape index (κ3) is 2.18. The second-order valence-corrected chi connectivity index (χ2v) is 4.63. The van der Waals surface area contributed by atoms with Crippen molar-refractivity contribution < 1.29 is 5.11 Å². The smallest absolute Gasteiger partial charge is 0.105 e. The molecule has 0 fully saturated rings. The standard InChI is InChI=1S/C14H13BrO/c1-10-6-2-3-7-11(10)14(16)12-8-4-5-9-13(12)15/h2-9,14,16H,1H3. The Bertz CT molecular complexity index is 448. The highest BCUT2D eigenvalue weighted by molar-refractivity contribution is 9.10. The largest absolute Gasteiger partial charge is 0.384 e. The van der Waals surface area contributed by atoms with E-state index in [4.69, 9.17) is 0 Å². The molecule has 0 saturated heterocycles. The van der Waals surface area contributed by atoms with Crippen molar-refractivity contribution in [2.45, 2.75) is 13.0 Å². The molecule has 2 rings (SSSR count). The second-order valence-electron chi connectivity index (χ2n) is 3.78. The Kier molecular flexibility index (Phi) is 3.42. The summed E-state index contributed by atoms with van der Waals surface area (Å²) in [6.45, 7) is 2.01. The third-order valence-electron chi connectivity index (χ3n) is 2.68. The highest BCUT2D eigenvalue weighted by atomic mass is 79.9. The Morgan fingerprint density at radius 1 is 0.938 bits per heavy atom. The lowest BCUT2D eigenvalue weighted by atomic mass is 9.98. The molecule has 2 aromatic rings. The van der Waals surface area contributed by atoms with Crippen LogP contribution in [0.2, 0.25) is 0 Å². The molecule has 82 valence electrons. The number of benzene rings is 2. The number of aryl methyl sites for hydroxylation is 1. The van der Waals surface area contributed by atoms with Crippen molar-refractivity contribution in [3.8, 4) is 0 Å². The Morgan fingerprint density at radius 3 is 2.12 bits per heavy atom. The van der Waals surface area contributed by atoms with Crippen LogP contribution in [0.25, 0.3) is 0 Å². The zero-order chi connectivity index (χ0) is 11.5. The van der Waals surface area contributed by atoms with Crippen LogP contribution in [0.15, 0.2) is 53.0 Å². The molecule has 0 radical (unpaired) electrons. The van der Waals surface area contributed by atoms with Crippen LogP contribution in [-0.4, -0.2) is 5.11 Å². The summed E-state index contributed by atoms with van der Waals surface area (Å²) in [5.41, 5.74) is 2.96. The minimum absolute atomic E-state index is 0.572. The van der Waals surface area contributed by atoms with Gasteiger partial charge in [0.1, 0.15) is 6.10 Å². The zero-order valence-corrected chi connectivity index (χ0v) is 10.6. The summed E-state index contributed by atoms with van der Waals surface area (Å²) in [5.74, 6) is 0. The molecule has 0 aliphatic heterocycles. The van der Waals surface area contributed by atoms with E-state index in [1.165, 1.54) is 0 Å². The van der Waals surface area contributed by atoms with Gasteiger partial charge in [-0.05, 0) is 29.7 Å². The molecule has 1 unspecified atom stereocenters. The van der Waals surface area contributed by atoms with Crippen molar-refractivity contribution in [2.24, 2.45) is 0 Å². The van der Waals surface area contributed by atoms with Crippen molar-refractivity contribution in [3.05, 3.63) is 69.7 Å². The molecule has 2 heteroatoms. The molecule has 1 N–H and O–H groups in total. The molecule has 0 amide bonds. The normalized spacial score (nSPS) is 12.4. The molecule has 0 heterocycles. The number of rotatable bonds is 2. The van der Waals surface area contributed by atoms with E-state index < -0.39 is 6.10 Å². The van der Waals surface area contributed by atoms with Crippen molar-refractivity contribution in [1.82, 2.24) is 0 Å². The van der Waals surface area contributed by atoms with Gasteiger partial charge in [0.2, 0.25) is 0 Å². The quantitative estimate of drug-likeness (QED) is 0.884. The van der Waals surface area contributed by atoms with Gasteiger partial charge in [-0.15, -0.1) is 0 Å². The van der Waals surface area contributed by atoms with Crippen LogP contribution >= 0.6 is 15.9 Å². The van der Waals surface area contributed by atoms with E-state index >= 15 is 0 Å². The van der Waals surface area contributed by atoms with Crippen molar-refractivity contribution in [1.29, 1.82) is 0 Å². The summed E-state index contributed by atoms with van der Waals surface area (Å²) in [6.07, 6.45) is -0.572. The molecule has 0 aromatic heterocycles. The molecular weight excluding hydrogens is 264 g/mol. The summed E-state index contributed by atoms with van der Waals surface area (Å²) in [6, 6.07) is 15.6. The van der Waals surface area contributed by atoms with Crippen LogP contribution in [0.4, 0.5) is 0 Å². The molecule has 1 atom stereocenters. The van der Waals surface area contributed by atoms with Gasteiger partial charge in [-0.2, -0.15) is 0 Å². The van der Waals surface area contributed by atoms with Crippen LogP contribution in [0, 0.1) is 6.92 Å². The summed E-state index contributed by atoms with van der Waals surface area (Å²) in [4.78, 5) is 0. The number of aliphatic hydroxyl groups excluding tert-OH is 1. The van der Waals surface area contributed by atoms with Gasteiger partial charge in [0.15, 0.2) is 0 Å². The minimum atomic E-state index is -0.572. The van der Waals surface area contributed by atoms with Gasteiger partial charge in [-0.3, -0.25) is 0 Å². The van der Waals surface area contributed by atoms with Crippen LogP contribution in [0.1, 0.15) is 22.8 Å². The first-order chi connectivity index (χ1) is 7.70. The van der Waals surface area contributed by atoms with E-state index in [1.807, 2.05) is 55.5 Å². The lowest BCUT2D eigenvalue weighted by Crippen LogP contribution is -2.02. The van der Waals surface area contributed by atoms with Gasteiger partial charge < -0.3 is 5.11 Å². The van der Waals surface area contributed by atoms with E-state index in [9.17, 15) is 5.11 Å². The van der Waals surface area contributed by atoms with E-state index in [0.717, 1.165) is 21.2 Å². The summed E-state index contributed by atoms with van der Waals surface area (Å²) in [5, 5.41) is 10.3. The molecule has 0 aliphatic carbocycles. The van der Waals surface area contributed by atoms with Crippen molar-refractivity contribution in [2.75, 3.05) is 0 Å². The lowest BCUT2D eigenvalue weighted by Gasteiger charge is -2.15. The predicted octanol–water partition coefficient (Wildman–Crippen LogP) is 3.84. The van der Waals surface area contributed by atoms with E-state index in [-0.39, 0.29) is 0 Å². The van der Waals surface area contributed by atoms with Crippen LogP contribution in [0.3, 0.4) is 0 Å². The second kappa shape index (κ2) is 4.81. The van der Waals surface area contributed by atoms with Gasteiger partial charge in [-0.25, -0.2) is 0 Å². The van der Waals surface area contributed by atoms with Gasteiger partial charge in [0, 0.05) is 4.47 Å². The maximum atomic E-state index is 10.3. The van der Waals surface area contributed by atoms with Gasteiger partial charge in [-0.1, -0.05) is 58.4 Å². The minimum Gasteiger partial charge on any atom is -0.384 e. The number of hydrogen-bond acceptors (Lipinski definition) is 1. The topological polar surface area (TPSA) is 20.2 Å². The van der Waals surface area contributed by atoms with Crippen molar-refractivity contribution >= 4 is 15.9 Å². The molecule has 0 aliphatic rings. The lowest BCUT2D eigenvalue weighted by molar-refractivity contribution is 0.219. The maximum absolute atomic E-state index is 10.3.